The molecule has 0 bridgehead atoms. The van der Waals surface area contributed by atoms with E-state index in [0.717, 1.165) is 32.1 Å². The van der Waals surface area contributed by atoms with Gasteiger partial charge in [-0.25, -0.2) is 0 Å². The van der Waals surface area contributed by atoms with Crippen LogP contribution in [0.1, 0.15) is 107 Å². The fourth-order valence-electron chi connectivity index (χ4n) is 8.92. The second-order valence-corrected chi connectivity index (χ2v) is 14.1. The summed E-state index contributed by atoms with van der Waals surface area (Å²) in [6, 6.07) is 0. The van der Waals surface area contributed by atoms with Crippen molar-refractivity contribution in [1.82, 2.24) is 0 Å². The van der Waals surface area contributed by atoms with Crippen LogP contribution in [0.2, 0.25) is 0 Å². The summed E-state index contributed by atoms with van der Waals surface area (Å²) in [6.45, 7) is 17.9. The molecular weight excluding hydrogens is 408 g/mol. The second kappa shape index (κ2) is 7.93. The second-order valence-electron chi connectivity index (χ2n) is 14.1. The smallest absolute Gasteiger partial charge is 0.0849 e. The first-order valence-corrected chi connectivity index (χ1v) is 13.6. The first-order valence-electron chi connectivity index (χ1n) is 13.6. The molecule has 0 aromatic heterocycles. The Kier molecular flexibility index (Phi) is 6.12. The Morgan fingerprint density at radius 1 is 1.00 bits per heavy atom. The molecule has 0 spiro atoms. The summed E-state index contributed by atoms with van der Waals surface area (Å²) in [5.74, 6) is 1.65. The van der Waals surface area contributed by atoms with Crippen LogP contribution in [0.25, 0.3) is 0 Å². The zero-order chi connectivity index (χ0) is 24.6. The van der Waals surface area contributed by atoms with Gasteiger partial charge in [0, 0.05) is 0 Å². The molecule has 2 fully saturated rings. The van der Waals surface area contributed by atoms with Gasteiger partial charge in [-0.2, -0.15) is 0 Å². The lowest BCUT2D eigenvalue weighted by Crippen LogP contribution is -2.54. The summed E-state index contributed by atoms with van der Waals surface area (Å²) in [6.07, 6.45) is 12.6. The van der Waals surface area contributed by atoms with Crippen LogP contribution in [0.3, 0.4) is 0 Å². The van der Waals surface area contributed by atoms with Crippen molar-refractivity contribution in [1.29, 1.82) is 0 Å². The lowest BCUT2D eigenvalue weighted by atomic mass is 9.44. The lowest BCUT2D eigenvalue weighted by molar-refractivity contribution is -0.0852. The zero-order valence-corrected chi connectivity index (χ0v) is 22.5. The maximum absolute atomic E-state index is 10.8. The molecule has 0 radical (unpaired) electrons. The van der Waals surface area contributed by atoms with E-state index in [-0.39, 0.29) is 27.8 Å². The molecule has 0 unspecified atom stereocenters. The zero-order valence-electron chi connectivity index (χ0n) is 22.5. The number of aliphatic hydroxyl groups is 3. The highest BCUT2D eigenvalue weighted by Gasteiger charge is 2.63. The first-order chi connectivity index (χ1) is 15.1. The number of hydrogen-bond donors (Lipinski definition) is 3. The van der Waals surface area contributed by atoms with Crippen molar-refractivity contribution < 1.29 is 15.3 Å². The fraction of sp³-hybridized carbons (Fsp3) is 0.867. The molecule has 0 aromatic rings. The SMILES string of the molecule is C[C@H](CC[C@H](O)C(C)(C)O)[C@H]1CC[C@@]2(C)C3=CC[C@@H]4C(C)(C)[C@@H](O)CC[C@]4(C)C3=CC[C@]12C. The summed E-state index contributed by atoms with van der Waals surface area (Å²) in [5.41, 5.74) is 2.73. The Balaban J connectivity index is 1.61. The van der Waals surface area contributed by atoms with E-state index < -0.39 is 11.7 Å². The largest absolute Gasteiger partial charge is 0.393 e. The molecule has 0 amide bonds. The molecule has 3 nitrogen and oxygen atoms in total. The summed E-state index contributed by atoms with van der Waals surface area (Å²) in [4.78, 5) is 0. The minimum Gasteiger partial charge on any atom is -0.393 e. The number of aliphatic hydroxyl groups excluding tert-OH is 2. The van der Waals surface area contributed by atoms with Crippen molar-refractivity contribution in [2.45, 2.75) is 125 Å². The molecule has 0 aliphatic heterocycles. The minimum absolute atomic E-state index is 0.0500. The van der Waals surface area contributed by atoms with Gasteiger partial charge in [-0.3, -0.25) is 0 Å². The normalized spacial score (nSPS) is 44.2. The third-order valence-electron chi connectivity index (χ3n) is 11.7. The van der Waals surface area contributed by atoms with Crippen LogP contribution in [-0.4, -0.2) is 33.1 Å². The van der Waals surface area contributed by atoms with Gasteiger partial charge in [0.15, 0.2) is 0 Å². The molecule has 4 aliphatic carbocycles. The topological polar surface area (TPSA) is 60.7 Å². The highest BCUT2D eigenvalue weighted by atomic mass is 16.3. The molecule has 3 heteroatoms. The molecule has 33 heavy (non-hydrogen) atoms. The van der Waals surface area contributed by atoms with Crippen molar-refractivity contribution in [2.75, 3.05) is 0 Å². The van der Waals surface area contributed by atoms with Crippen molar-refractivity contribution >= 4 is 0 Å². The lowest BCUT2D eigenvalue weighted by Gasteiger charge is -2.61. The predicted octanol–water partition coefficient (Wildman–Crippen LogP) is 6.42. The van der Waals surface area contributed by atoms with E-state index in [4.69, 9.17) is 0 Å². The molecule has 0 aromatic carbocycles. The van der Waals surface area contributed by atoms with Gasteiger partial charge in [0.05, 0.1) is 17.8 Å². The Morgan fingerprint density at radius 3 is 2.30 bits per heavy atom. The number of allylic oxidation sites excluding steroid dienone is 4. The van der Waals surface area contributed by atoms with Crippen molar-refractivity contribution in [2.24, 2.45) is 39.4 Å². The van der Waals surface area contributed by atoms with E-state index in [0.29, 0.717) is 24.2 Å². The predicted molar refractivity (Wildman–Crippen MR) is 136 cm³/mol. The maximum Gasteiger partial charge on any atom is 0.0849 e. The summed E-state index contributed by atoms with van der Waals surface area (Å²) in [7, 11) is 0. The molecular formula is C30H50O3. The standard InChI is InChI=1S/C30H50O3/c1-19(9-12-25(32)27(4,5)33)20-13-17-30(8)22-10-11-23-26(2,3)24(31)15-16-28(23,6)21(22)14-18-29(20,30)7/h10,14,19-20,23-25,31-33H,9,11-13,15-18H2,1-8H3/t19-,20-,23-,24+,25+,28-,29-,30+/m1/s1. The quantitative estimate of drug-likeness (QED) is 0.445. The van der Waals surface area contributed by atoms with Crippen LogP contribution in [0, 0.1) is 39.4 Å². The highest BCUT2D eigenvalue weighted by Crippen LogP contribution is 2.71. The third-order valence-corrected chi connectivity index (χ3v) is 11.7. The van der Waals surface area contributed by atoms with Crippen LogP contribution in [0.4, 0.5) is 0 Å². The Hall–Kier alpha value is -0.640. The van der Waals surface area contributed by atoms with Gasteiger partial charge < -0.3 is 15.3 Å². The van der Waals surface area contributed by atoms with E-state index in [2.05, 4.69) is 53.7 Å². The monoisotopic (exact) mass is 458 g/mol. The minimum atomic E-state index is -1.03. The van der Waals surface area contributed by atoms with Crippen molar-refractivity contribution in [3.8, 4) is 0 Å². The van der Waals surface area contributed by atoms with E-state index in [1.807, 2.05) is 0 Å². The Bertz CT molecular complexity index is 832. The van der Waals surface area contributed by atoms with Gasteiger partial charge in [0.1, 0.15) is 0 Å². The van der Waals surface area contributed by atoms with E-state index in [1.165, 1.54) is 12.8 Å². The van der Waals surface area contributed by atoms with Crippen LogP contribution < -0.4 is 0 Å². The van der Waals surface area contributed by atoms with Crippen LogP contribution >= 0.6 is 0 Å². The molecule has 4 rings (SSSR count). The molecule has 3 N–H and O–H groups in total. The highest BCUT2D eigenvalue weighted by molar-refractivity contribution is 5.49. The Labute approximate surface area is 202 Å². The fourth-order valence-corrected chi connectivity index (χ4v) is 8.92. The molecule has 0 saturated heterocycles. The molecule has 8 atom stereocenters. The maximum atomic E-state index is 10.8. The summed E-state index contributed by atoms with van der Waals surface area (Å²) in [5, 5.41) is 31.3. The number of rotatable bonds is 5. The van der Waals surface area contributed by atoms with E-state index >= 15 is 0 Å². The van der Waals surface area contributed by atoms with Gasteiger partial charge in [-0.15, -0.1) is 0 Å². The summed E-state index contributed by atoms with van der Waals surface area (Å²) < 4.78 is 0. The van der Waals surface area contributed by atoms with Gasteiger partial charge >= 0.3 is 0 Å². The average Bonchev–Trinajstić information content (AvgIpc) is 3.00. The third kappa shape index (κ3) is 3.62. The van der Waals surface area contributed by atoms with Gasteiger partial charge in [-0.05, 0) is 116 Å². The van der Waals surface area contributed by atoms with Gasteiger partial charge in [0.25, 0.3) is 0 Å². The Morgan fingerprint density at radius 2 is 1.67 bits per heavy atom. The van der Waals surface area contributed by atoms with Crippen LogP contribution in [0.5, 0.6) is 0 Å². The van der Waals surface area contributed by atoms with E-state index in [9.17, 15) is 15.3 Å². The first kappa shape index (κ1) is 25.5. The molecule has 0 heterocycles. The van der Waals surface area contributed by atoms with E-state index in [1.54, 1.807) is 25.0 Å². The van der Waals surface area contributed by atoms with Crippen LogP contribution in [0.15, 0.2) is 23.3 Å². The number of fused-ring (bicyclic) bond motifs is 5. The summed E-state index contributed by atoms with van der Waals surface area (Å²) >= 11 is 0. The van der Waals surface area contributed by atoms with Crippen molar-refractivity contribution in [3.63, 3.8) is 0 Å². The molecule has 4 aliphatic rings. The van der Waals surface area contributed by atoms with Crippen LogP contribution in [-0.2, 0) is 0 Å². The molecule has 2 saturated carbocycles. The number of hydrogen-bond acceptors (Lipinski definition) is 3. The van der Waals surface area contributed by atoms with Crippen molar-refractivity contribution in [3.05, 3.63) is 23.3 Å². The molecule has 188 valence electrons. The van der Waals surface area contributed by atoms with Gasteiger partial charge in [-0.1, -0.05) is 53.7 Å². The van der Waals surface area contributed by atoms with Gasteiger partial charge in [0.2, 0.25) is 0 Å². The average molecular weight is 459 g/mol.